The highest BCUT2D eigenvalue weighted by Crippen LogP contribution is 2.40. The minimum absolute atomic E-state index is 0.0351. The molecule has 0 spiro atoms. The third-order valence-corrected chi connectivity index (χ3v) is 7.76. The highest BCUT2D eigenvalue weighted by atomic mass is 19.2. The number of hydrogen-bond acceptors (Lipinski definition) is 6. The maximum absolute atomic E-state index is 14.3. The van der Waals surface area contributed by atoms with Crippen LogP contribution in [0.4, 0.5) is 43.9 Å². The van der Waals surface area contributed by atoms with E-state index in [0.29, 0.717) is 0 Å². The van der Waals surface area contributed by atoms with E-state index in [1.165, 1.54) is 48.5 Å². The lowest BCUT2D eigenvalue weighted by Gasteiger charge is -2.05. The van der Waals surface area contributed by atoms with Gasteiger partial charge in [-0.3, -0.25) is 0 Å². The van der Waals surface area contributed by atoms with Crippen molar-refractivity contribution in [2.45, 2.75) is 0 Å². The van der Waals surface area contributed by atoms with Gasteiger partial charge in [0.2, 0.25) is 11.6 Å². The average Bonchev–Trinajstić information content (AvgIpc) is 3.97. The van der Waals surface area contributed by atoms with Crippen LogP contribution in [0.25, 0.3) is 80.2 Å². The molecule has 16 heteroatoms. The van der Waals surface area contributed by atoms with Crippen molar-refractivity contribution in [3.8, 4) is 80.2 Å². The lowest BCUT2D eigenvalue weighted by molar-refractivity contribution is 0.379. The van der Waals surface area contributed by atoms with Crippen LogP contribution in [0.5, 0.6) is 0 Å². The van der Waals surface area contributed by atoms with Gasteiger partial charge in [0.25, 0.3) is 0 Å². The highest BCUT2D eigenvalue weighted by molar-refractivity contribution is 5.68. The van der Waals surface area contributed by atoms with Crippen molar-refractivity contribution in [2.24, 2.45) is 0 Å². The number of rotatable bonds is 7. The van der Waals surface area contributed by atoms with E-state index in [1.807, 2.05) is 0 Å². The van der Waals surface area contributed by atoms with Crippen LogP contribution in [0.15, 0.2) is 99.3 Å². The molecule has 6 aromatic heterocycles. The Hall–Kier alpha value is -6.58. The minimum atomic E-state index is -2.30. The summed E-state index contributed by atoms with van der Waals surface area (Å²) >= 11 is 0. The first-order valence-corrected chi connectivity index (χ1v) is 14.6. The van der Waals surface area contributed by atoms with E-state index in [0.717, 1.165) is 12.1 Å². The largest absolute Gasteiger partial charge is 0.453 e. The molecule has 0 amide bonds. The standard InChI is InChI=1S/C36H12F10O6/c37-27-25(28(38)32(42)35(45)31(27)41)23-11-9-21(51-23)19-7-5-17(49-19)15-3-1-13(47-15)14-2-4-16(48-14)18-6-8-20(50-18)22-10-12-24(52-22)26-29(39)33(43)36(46)34(44)30(26)40/h1-12H. The molecule has 6 nitrogen and oxygen atoms in total. The number of benzene rings is 2. The molecule has 2 aromatic carbocycles. The molecule has 262 valence electrons. The molecule has 0 aliphatic carbocycles. The van der Waals surface area contributed by atoms with Gasteiger partial charge in [-0.15, -0.1) is 0 Å². The zero-order valence-corrected chi connectivity index (χ0v) is 25.2. The lowest BCUT2D eigenvalue weighted by Crippen LogP contribution is -2.03. The van der Waals surface area contributed by atoms with Crippen molar-refractivity contribution < 1.29 is 70.4 Å². The van der Waals surface area contributed by atoms with Gasteiger partial charge in [-0.25, -0.2) is 43.9 Å². The fourth-order valence-corrected chi connectivity index (χ4v) is 5.26. The molecular formula is C36H12F10O6. The maximum atomic E-state index is 14.3. The third-order valence-electron chi connectivity index (χ3n) is 7.76. The zero-order valence-electron chi connectivity index (χ0n) is 25.2. The molecule has 0 unspecified atom stereocenters. The fraction of sp³-hybridized carbons (Fsp3) is 0. The van der Waals surface area contributed by atoms with Crippen LogP contribution in [0.2, 0.25) is 0 Å². The van der Waals surface area contributed by atoms with Gasteiger partial charge in [-0.05, 0) is 72.8 Å². The molecule has 0 atom stereocenters. The van der Waals surface area contributed by atoms with Gasteiger partial charge in [0, 0.05) is 0 Å². The number of halogens is 10. The van der Waals surface area contributed by atoms with Crippen LogP contribution in [-0.2, 0) is 0 Å². The van der Waals surface area contributed by atoms with Crippen molar-refractivity contribution in [1.82, 2.24) is 0 Å². The Bertz CT molecular complexity index is 2430. The van der Waals surface area contributed by atoms with E-state index >= 15 is 0 Å². The van der Waals surface area contributed by atoms with E-state index in [1.54, 1.807) is 12.1 Å². The first-order chi connectivity index (χ1) is 24.9. The van der Waals surface area contributed by atoms with Crippen LogP contribution < -0.4 is 0 Å². The Morgan fingerprint density at radius 1 is 0.192 bits per heavy atom. The molecule has 6 heterocycles. The fourth-order valence-electron chi connectivity index (χ4n) is 5.26. The highest BCUT2D eigenvalue weighted by Gasteiger charge is 2.30. The van der Waals surface area contributed by atoms with Gasteiger partial charge in [0.1, 0.15) is 11.5 Å². The van der Waals surface area contributed by atoms with Gasteiger partial charge >= 0.3 is 0 Å². The quantitative estimate of drug-likeness (QED) is 0.0923. The van der Waals surface area contributed by atoms with Gasteiger partial charge in [0.15, 0.2) is 104 Å². The molecule has 52 heavy (non-hydrogen) atoms. The Balaban J connectivity index is 0.999. The normalized spacial score (nSPS) is 11.7. The van der Waals surface area contributed by atoms with Crippen LogP contribution >= 0.6 is 0 Å². The van der Waals surface area contributed by atoms with Crippen molar-refractivity contribution >= 4 is 0 Å². The smallest absolute Gasteiger partial charge is 0.200 e. The van der Waals surface area contributed by atoms with Gasteiger partial charge < -0.3 is 26.5 Å². The van der Waals surface area contributed by atoms with Crippen molar-refractivity contribution in [1.29, 1.82) is 0 Å². The maximum Gasteiger partial charge on any atom is 0.200 e. The predicted molar refractivity (Wildman–Crippen MR) is 158 cm³/mol. The van der Waals surface area contributed by atoms with E-state index in [4.69, 9.17) is 26.5 Å². The molecule has 0 bridgehead atoms. The Kier molecular flexibility index (Phi) is 7.55. The number of hydrogen-bond donors (Lipinski definition) is 0. The first-order valence-electron chi connectivity index (χ1n) is 14.6. The molecular weight excluding hydrogens is 718 g/mol. The number of furan rings is 6. The van der Waals surface area contributed by atoms with E-state index < -0.39 is 80.8 Å². The summed E-state index contributed by atoms with van der Waals surface area (Å²) in [6.07, 6.45) is 0. The van der Waals surface area contributed by atoms with E-state index in [9.17, 15) is 43.9 Å². The van der Waals surface area contributed by atoms with Crippen LogP contribution in [0.3, 0.4) is 0 Å². The Labute approximate surface area is 281 Å². The summed E-state index contributed by atoms with van der Waals surface area (Å²) in [6.45, 7) is 0. The second-order valence-electron chi connectivity index (χ2n) is 10.9. The molecule has 0 radical (unpaired) electrons. The second-order valence-corrected chi connectivity index (χ2v) is 10.9. The van der Waals surface area contributed by atoms with E-state index in [2.05, 4.69) is 0 Å². The lowest BCUT2D eigenvalue weighted by atomic mass is 10.1. The van der Waals surface area contributed by atoms with Crippen molar-refractivity contribution in [2.75, 3.05) is 0 Å². The summed E-state index contributed by atoms with van der Waals surface area (Å²) in [7, 11) is 0. The predicted octanol–water partition coefficient (Wildman–Crippen LogP) is 12.3. The molecule has 0 N–H and O–H groups in total. The van der Waals surface area contributed by atoms with Crippen LogP contribution in [0, 0.1) is 58.2 Å². The monoisotopic (exact) mass is 730 g/mol. The molecule has 0 saturated heterocycles. The third kappa shape index (κ3) is 5.13. The summed E-state index contributed by atoms with van der Waals surface area (Å²) in [5.74, 6) is -21.5. The first kappa shape index (κ1) is 32.6. The Morgan fingerprint density at radius 2 is 0.327 bits per heavy atom. The van der Waals surface area contributed by atoms with Gasteiger partial charge in [-0.2, -0.15) is 0 Å². The SMILES string of the molecule is Fc1c(F)c(F)c(-c2ccc(-c3ccc(-c4ccc(-c5ccc(-c6ccc(-c7ccc(-c8c(F)c(F)c(F)c(F)c8F)o7)o6)o5)o4)o3)o2)c(F)c1F. The average molecular weight is 730 g/mol. The molecule has 0 saturated carbocycles. The summed E-state index contributed by atoms with van der Waals surface area (Å²) in [4.78, 5) is 0. The summed E-state index contributed by atoms with van der Waals surface area (Å²) in [6, 6.07) is 16.4. The zero-order chi connectivity index (χ0) is 36.6. The molecule has 0 aliphatic rings. The molecule has 0 fully saturated rings. The molecule has 8 rings (SSSR count). The Morgan fingerprint density at radius 3 is 0.519 bits per heavy atom. The minimum Gasteiger partial charge on any atom is -0.453 e. The van der Waals surface area contributed by atoms with Crippen molar-refractivity contribution in [3.63, 3.8) is 0 Å². The summed E-state index contributed by atoms with van der Waals surface area (Å²) in [5.41, 5.74) is -2.48. The topological polar surface area (TPSA) is 78.8 Å². The summed E-state index contributed by atoms with van der Waals surface area (Å²) < 4.78 is 173. The second kappa shape index (κ2) is 12.0. The van der Waals surface area contributed by atoms with Crippen LogP contribution in [-0.4, -0.2) is 0 Å². The molecule has 0 aliphatic heterocycles. The molecule has 8 aromatic rings. The van der Waals surface area contributed by atoms with Gasteiger partial charge in [-0.1, -0.05) is 0 Å². The van der Waals surface area contributed by atoms with Crippen molar-refractivity contribution in [3.05, 3.63) is 131 Å². The van der Waals surface area contributed by atoms with Gasteiger partial charge in [0.05, 0.1) is 11.1 Å². The van der Waals surface area contributed by atoms with E-state index in [-0.39, 0.29) is 57.6 Å². The summed E-state index contributed by atoms with van der Waals surface area (Å²) in [5, 5.41) is 0. The van der Waals surface area contributed by atoms with Crippen LogP contribution in [0.1, 0.15) is 0 Å².